The van der Waals surface area contributed by atoms with E-state index >= 15 is 0 Å². The van der Waals surface area contributed by atoms with Gasteiger partial charge in [-0.15, -0.1) is 0 Å². The van der Waals surface area contributed by atoms with E-state index in [1.807, 2.05) is 30.1 Å². The van der Waals surface area contributed by atoms with E-state index in [4.69, 9.17) is 11.6 Å². The summed E-state index contributed by atoms with van der Waals surface area (Å²) in [5.74, 6) is -0.921. The number of carbonyl (C=O) groups excluding carboxylic acids is 3. The minimum absolute atomic E-state index is 0.301. The number of carbonyl (C=O) groups is 3. The van der Waals surface area contributed by atoms with Crippen LogP contribution in [0.5, 0.6) is 0 Å². The van der Waals surface area contributed by atoms with Crippen LogP contribution < -0.4 is 5.32 Å². The number of aromatic nitrogens is 1. The van der Waals surface area contributed by atoms with Crippen molar-refractivity contribution in [1.82, 2.24) is 9.47 Å². The van der Waals surface area contributed by atoms with Gasteiger partial charge in [0.1, 0.15) is 6.54 Å². The van der Waals surface area contributed by atoms with Gasteiger partial charge in [-0.2, -0.15) is 0 Å². The molecule has 25 heavy (non-hydrogen) atoms. The van der Waals surface area contributed by atoms with Gasteiger partial charge in [0.15, 0.2) is 0 Å². The molecular formula is C17H14ClN3O3S. The molecule has 1 fully saturated rings. The molecule has 0 aliphatic carbocycles. The summed E-state index contributed by atoms with van der Waals surface area (Å²) in [6.45, 7) is -0.334. The molecule has 3 amide bonds. The highest BCUT2D eigenvalue weighted by atomic mass is 35.5. The lowest BCUT2D eigenvalue weighted by Crippen LogP contribution is -2.36. The molecule has 0 spiro atoms. The Morgan fingerprint density at radius 2 is 1.96 bits per heavy atom. The average Bonchev–Trinajstić information content (AvgIpc) is 3.08. The first kappa shape index (κ1) is 17.3. The van der Waals surface area contributed by atoms with E-state index in [2.05, 4.69) is 5.32 Å². The van der Waals surface area contributed by atoms with E-state index in [0.29, 0.717) is 15.6 Å². The highest BCUT2D eigenvalue weighted by Crippen LogP contribution is 2.32. The number of nitrogens with one attached hydrogen (secondary N) is 1. The van der Waals surface area contributed by atoms with Gasteiger partial charge in [-0.3, -0.25) is 19.3 Å². The lowest BCUT2D eigenvalue weighted by Gasteiger charge is -2.12. The first-order valence-corrected chi connectivity index (χ1v) is 8.54. The molecule has 0 atom stereocenters. The molecule has 0 saturated carbocycles. The summed E-state index contributed by atoms with van der Waals surface area (Å²) >= 11 is 6.62. The Balaban J connectivity index is 1.67. The maximum atomic E-state index is 12.4. The third-order valence-electron chi connectivity index (χ3n) is 3.46. The fourth-order valence-corrected chi connectivity index (χ4v) is 3.24. The Bertz CT molecular complexity index is 874. The number of amides is 3. The number of rotatable bonds is 4. The van der Waals surface area contributed by atoms with Crippen LogP contribution in [0.1, 0.15) is 5.56 Å². The molecule has 3 rings (SSSR count). The van der Waals surface area contributed by atoms with E-state index in [1.165, 1.54) is 0 Å². The van der Waals surface area contributed by atoms with Gasteiger partial charge in [-0.1, -0.05) is 11.6 Å². The van der Waals surface area contributed by atoms with Crippen LogP contribution in [0.4, 0.5) is 10.5 Å². The summed E-state index contributed by atoms with van der Waals surface area (Å²) in [6, 6.07) is 8.40. The maximum Gasteiger partial charge on any atom is 0.294 e. The minimum atomic E-state index is -0.467. The molecule has 0 radical (unpaired) electrons. The molecule has 6 nitrogen and oxygen atoms in total. The Morgan fingerprint density at radius 3 is 2.60 bits per heavy atom. The van der Waals surface area contributed by atoms with Crippen molar-refractivity contribution in [2.45, 2.75) is 0 Å². The van der Waals surface area contributed by atoms with Crippen LogP contribution in [0.25, 0.3) is 6.08 Å². The van der Waals surface area contributed by atoms with Crippen LogP contribution in [-0.4, -0.2) is 33.1 Å². The van der Waals surface area contributed by atoms with Crippen molar-refractivity contribution in [3.63, 3.8) is 0 Å². The third-order valence-corrected chi connectivity index (χ3v) is 4.62. The fourth-order valence-electron chi connectivity index (χ4n) is 2.28. The van der Waals surface area contributed by atoms with Gasteiger partial charge in [0.2, 0.25) is 5.91 Å². The molecule has 1 aromatic carbocycles. The van der Waals surface area contributed by atoms with E-state index in [9.17, 15) is 14.4 Å². The number of imide groups is 1. The van der Waals surface area contributed by atoms with Gasteiger partial charge in [0.05, 0.1) is 4.91 Å². The molecule has 1 aliphatic heterocycles. The zero-order valence-electron chi connectivity index (χ0n) is 13.2. The zero-order chi connectivity index (χ0) is 18.0. The molecule has 0 unspecified atom stereocenters. The van der Waals surface area contributed by atoms with Gasteiger partial charge >= 0.3 is 0 Å². The number of benzene rings is 1. The van der Waals surface area contributed by atoms with Crippen LogP contribution in [-0.2, 0) is 16.6 Å². The number of halogens is 1. The quantitative estimate of drug-likeness (QED) is 0.832. The van der Waals surface area contributed by atoms with Crippen molar-refractivity contribution in [2.75, 3.05) is 11.9 Å². The first-order chi connectivity index (χ1) is 11.9. The number of thioether (sulfide) groups is 1. The van der Waals surface area contributed by atoms with Crippen molar-refractivity contribution in [3.05, 3.63) is 58.2 Å². The highest BCUT2D eigenvalue weighted by Gasteiger charge is 2.36. The van der Waals surface area contributed by atoms with Gasteiger partial charge in [-0.05, 0) is 53.7 Å². The standard InChI is InChI=1S/C17H14ClN3O3S/c1-20-7-6-11(9-20)8-14-16(23)21(17(24)25-14)10-15(22)19-13-4-2-12(18)3-5-13/h2-9H,10H2,1H3,(H,19,22)/b14-8+. The highest BCUT2D eigenvalue weighted by molar-refractivity contribution is 8.18. The molecule has 2 heterocycles. The third kappa shape index (κ3) is 4.12. The molecule has 1 aliphatic rings. The SMILES string of the molecule is Cn1ccc(/C=C2/SC(=O)N(CC(=O)Nc3ccc(Cl)cc3)C2=O)c1. The summed E-state index contributed by atoms with van der Waals surface area (Å²) in [7, 11) is 1.87. The molecular weight excluding hydrogens is 362 g/mol. The van der Waals surface area contributed by atoms with Gasteiger partial charge in [0.25, 0.3) is 11.1 Å². The Labute approximate surface area is 153 Å². The Hall–Kier alpha value is -2.51. The van der Waals surface area contributed by atoms with Crippen molar-refractivity contribution in [1.29, 1.82) is 0 Å². The van der Waals surface area contributed by atoms with E-state index < -0.39 is 17.1 Å². The van der Waals surface area contributed by atoms with Crippen LogP contribution in [0.2, 0.25) is 5.02 Å². The van der Waals surface area contributed by atoms with Crippen LogP contribution in [0.3, 0.4) is 0 Å². The monoisotopic (exact) mass is 375 g/mol. The van der Waals surface area contributed by atoms with Crippen molar-refractivity contribution in [3.8, 4) is 0 Å². The second kappa shape index (κ2) is 7.16. The smallest absolute Gasteiger partial charge is 0.294 e. The average molecular weight is 376 g/mol. The summed E-state index contributed by atoms with van der Waals surface area (Å²) in [4.78, 5) is 37.7. The molecule has 2 aromatic rings. The fraction of sp³-hybridized carbons (Fsp3) is 0.118. The summed E-state index contributed by atoms with van der Waals surface area (Å²) in [6.07, 6.45) is 5.32. The van der Waals surface area contributed by atoms with Crippen molar-refractivity contribution >= 4 is 52.2 Å². The van der Waals surface area contributed by atoms with E-state index in [-0.39, 0.29) is 6.54 Å². The van der Waals surface area contributed by atoms with Crippen LogP contribution >= 0.6 is 23.4 Å². The van der Waals surface area contributed by atoms with Crippen LogP contribution in [0, 0.1) is 0 Å². The van der Waals surface area contributed by atoms with Crippen molar-refractivity contribution in [2.24, 2.45) is 7.05 Å². The molecule has 1 aromatic heterocycles. The second-order valence-electron chi connectivity index (χ2n) is 5.43. The number of hydrogen-bond acceptors (Lipinski definition) is 4. The Kier molecular flexibility index (Phi) is 4.96. The lowest BCUT2D eigenvalue weighted by atomic mass is 10.3. The van der Waals surface area contributed by atoms with Crippen molar-refractivity contribution < 1.29 is 14.4 Å². The lowest BCUT2D eigenvalue weighted by molar-refractivity contribution is -0.127. The predicted octanol–water partition coefficient (Wildman–Crippen LogP) is 3.35. The van der Waals surface area contributed by atoms with E-state index in [1.54, 1.807) is 30.3 Å². The molecule has 1 N–H and O–H groups in total. The Morgan fingerprint density at radius 1 is 1.24 bits per heavy atom. The normalized spacial score (nSPS) is 15.9. The maximum absolute atomic E-state index is 12.4. The van der Waals surface area contributed by atoms with E-state index in [0.717, 1.165) is 22.2 Å². The number of anilines is 1. The van der Waals surface area contributed by atoms with Gasteiger partial charge in [-0.25, -0.2) is 0 Å². The summed E-state index contributed by atoms with van der Waals surface area (Å²) < 4.78 is 1.84. The van der Waals surface area contributed by atoms with Crippen LogP contribution in [0.15, 0.2) is 47.6 Å². The number of hydrogen-bond donors (Lipinski definition) is 1. The first-order valence-electron chi connectivity index (χ1n) is 7.35. The van der Waals surface area contributed by atoms with Gasteiger partial charge < -0.3 is 9.88 Å². The van der Waals surface area contributed by atoms with Gasteiger partial charge in [0, 0.05) is 30.2 Å². The number of aryl methyl sites for hydroxylation is 1. The zero-order valence-corrected chi connectivity index (χ0v) is 14.8. The minimum Gasteiger partial charge on any atom is -0.357 e. The largest absolute Gasteiger partial charge is 0.357 e. The summed E-state index contributed by atoms with van der Waals surface area (Å²) in [5, 5.41) is 2.72. The second-order valence-corrected chi connectivity index (χ2v) is 6.86. The molecule has 0 bridgehead atoms. The topological polar surface area (TPSA) is 71.4 Å². The summed E-state index contributed by atoms with van der Waals surface area (Å²) in [5.41, 5.74) is 1.36. The molecule has 128 valence electrons. The molecule has 1 saturated heterocycles. The number of nitrogens with zero attached hydrogens (tertiary/aromatic N) is 2. The molecule has 8 heteroatoms. The predicted molar refractivity (Wildman–Crippen MR) is 98.2 cm³/mol.